The van der Waals surface area contributed by atoms with E-state index in [1.54, 1.807) is 22.9 Å². The van der Waals surface area contributed by atoms with Crippen LogP contribution in [-0.4, -0.2) is 26.1 Å². The normalized spacial score (nSPS) is 11.9. The summed E-state index contributed by atoms with van der Waals surface area (Å²) in [5.74, 6) is 0.504. The number of benzene rings is 1. The van der Waals surface area contributed by atoms with Gasteiger partial charge >= 0.3 is 5.97 Å². The van der Waals surface area contributed by atoms with Crippen LogP contribution in [0, 0.1) is 17.8 Å². The molecule has 0 bridgehead atoms. The van der Waals surface area contributed by atoms with Crippen LogP contribution >= 0.6 is 0 Å². The molecule has 108 valence electrons. The summed E-state index contributed by atoms with van der Waals surface area (Å²) < 4.78 is 1.74. The third kappa shape index (κ3) is 2.66. The number of hydrogen-bond acceptors (Lipinski definition) is 3. The summed E-state index contributed by atoms with van der Waals surface area (Å²) in [7, 11) is 0. The van der Waals surface area contributed by atoms with Crippen molar-refractivity contribution in [2.75, 3.05) is 0 Å². The van der Waals surface area contributed by atoms with Crippen LogP contribution < -0.4 is 0 Å². The van der Waals surface area contributed by atoms with Gasteiger partial charge in [0.1, 0.15) is 11.0 Å². The van der Waals surface area contributed by atoms with E-state index in [4.69, 9.17) is 0 Å². The van der Waals surface area contributed by atoms with Crippen molar-refractivity contribution in [1.29, 1.82) is 0 Å². The maximum absolute atomic E-state index is 11.3. The van der Waals surface area contributed by atoms with Crippen LogP contribution in [0.25, 0.3) is 11.0 Å². The zero-order valence-corrected chi connectivity index (χ0v) is 12.4. The van der Waals surface area contributed by atoms with Crippen molar-refractivity contribution in [3.8, 4) is 0 Å². The molecule has 2 rings (SSSR count). The van der Waals surface area contributed by atoms with Gasteiger partial charge in [0.25, 0.3) is 0 Å². The molecule has 0 aliphatic carbocycles. The topological polar surface area (TPSA) is 68.0 Å². The Morgan fingerprint density at radius 2 is 1.90 bits per heavy atom. The number of fused-ring (bicyclic) bond motifs is 1. The summed E-state index contributed by atoms with van der Waals surface area (Å²) >= 11 is 0. The van der Waals surface area contributed by atoms with E-state index < -0.39 is 5.97 Å². The molecule has 0 spiro atoms. The van der Waals surface area contributed by atoms with E-state index in [1.807, 2.05) is 0 Å². The molecular formula is C15H21N3O2. The fourth-order valence-electron chi connectivity index (χ4n) is 2.72. The second-order valence-corrected chi connectivity index (χ2v) is 5.90. The van der Waals surface area contributed by atoms with Gasteiger partial charge in [-0.2, -0.15) is 0 Å². The van der Waals surface area contributed by atoms with E-state index in [0.717, 1.165) is 0 Å². The van der Waals surface area contributed by atoms with Crippen molar-refractivity contribution >= 4 is 17.0 Å². The highest BCUT2D eigenvalue weighted by Crippen LogP contribution is 2.25. The smallest absolute Gasteiger partial charge is 0.337 e. The number of carbonyl (C=O) groups is 1. The number of aromatic carboxylic acids is 1. The van der Waals surface area contributed by atoms with E-state index in [-0.39, 0.29) is 5.56 Å². The average Bonchev–Trinajstić information content (AvgIpc) is 2.77. The highest BCUT2D eigenvalue weighted by Gasteiger charge is 2.21. The van der Waals surface area contributed by atoms with Gasteiger partial charge in [-0.3, -0.25) is 0 Å². The minimum Gasteiger partial charge on any atom is -0.478 e. The van der Waals surface area contributed by atoms with Gasteiger partial charge in [0.2, 0.25) is 0 Å². The molecule has 1 N–H and O–H groups in total. The summed E-state index contributed by atoms with van der Waals surface area (Å²) in [6, 6.07) is 5.10. The second-order valence-electron chi connectivity index (χ2n) is 5.90. The summed E-state index contributed by atoms with van der Waals surface area (Å²) in [5, 5.41) is 17.5. The monoisotopic (exact) mass is 275 g/mol. The molecule has 0 saturated carbocycles. The first-order chi connectivity index (χ1) is 9.41. The molecule has 20 heavy (non-hydrogen) atoms. The van der Waals surface area contributed by atoms with Crippen LogP contribution in [0.3, 0.4) is 0 Å². The number of hydrogen-bond donors (Lipinski definition) is 1. The van der Waals surface area contributed by atoms with E-state index in [0.29, 0.717) is 35.3 Å². The Kier molecular flexibility index (Phi) is 4.06. The third-order valence-corrected chi connectivity index (χ3v) is 3.86. The van der Waals surface area contributed by atoms with E-state index in [2.05, 4.69) is 38.0 Å². The van der Waals surface area contributed by atoms with Gasteiger partial charge in [-0.15, -0.1) is 5.10 Å². The van der Waals surface area contributed by atoms with Crippen LogP contribution in [0.5, 0.6) is 0 Å². The quantitative estimate of drug-likeness (QED) is 0.910. The summed E-state index contributed by atoms with van der Waals surface area (Å²) in [6.45, 7) is 9.42. The van der Waals surface area contributed by atoms with Crippen molar-refractivity contribution in [2.45, 2.75) is 34.2 Å². The standard InChI is InChI=1S/C15H21N3O2/c1-9(2)12(10(3)4)8-18-14-11(15(19)20)6-5-7-13(14)16-17-18/h5-7,9-10,12H,8H2,1-4H3,(H,19,20). The number of rotatable bonds is 5. The van der Waals surface area contributed by atoms with Crippen LogP contribution in [0.2, 0.25) is 0 Å². The van der Waals surface area contributed by atoms with E-state index in [9.17, 15) is 9.90 Å². The molecule has 0 saturated heterocycles. The van der Waals surface area contributed by atoms with Gasteiger partial charge in [-0.25, -0.2) is 9.48 Å². The Balaban J connectivity index is 2.47. The fraction of sp³-hybridized carbons (Fsp3) is 0.533. The molecule has 0 atom stereocenters. The minimum absolute atomic E-state index is 0.263. The lowest BCUT2D eigenvalue weighted by Crippen LogP contribution is -2.23. The molecule has 5 heteroatoms. The molecule has 0 aliphatic rings. The Labute approximate surface area is 118 Å². The van der Waals surface area contributed by atoms with Crippen molar-refractivity contribution in [1.82, 2.24) is 15.0 Å². The lowest BCUT2D eigenvalue weighted by Gasteiger charge is -2.24. The summed E-state index contributed by atoms with van der Waals surface area (Å²) in [4.78, 5) is 11.3. The van der Waals surface area contributed by atoms with Crippen LogP contribution in [-0.2, 0) is 6.54 Å². The Bertz CT molecular complexity index is 609. The minimum atomic E-state index is -0.940. The summed E-state index contributed by atoms with van der Waals surface area (Å²) in [5.41, 5.74) is 1.52. The largest absolute Gasteiger partial charge is 0.478 e. The molecule has 1 aromatic carbocycles. The van der Waals surface area contributed by atoms with Crippen molar-refractivity contribution in [2.24, 2.45) is 17.8 Å². The first kappa shape index (κ1) is 14.5. The average molecular weight is 275 g/mol. The lowest BCUT2D eigenvalue weighted by atomic mass is 9.85. The molecule has 0 fully saturated rings. The predicted octanol–water partition coefficient (Wildman–Crippen LogP) is 3.06. The molecule has 0 radical (unpaired) electrons. The number of carboxylic acids is 1. The Morgan fingerprint density at radius 3 is 2.45 bits per heavy atom. The molecular weight excluding hydrogens is 254 g/mol. The van der Waals surface area contributed by atoms with Gasteiger partial charge in [-0.1, -0.05) is 39.0 Å². The summed E-state index contributed by atoms with van der Waals surface area (Å²) in [6.07, 6.45) is 0. The first-order valence-electron chi connectivity index (χ1n) is 6.97. The molecule has 1 aromatic heterocycles. The van der Waals surface area contributed by atoms with Gasteiger partial charge < -0.3 is 5.11 Å². The highest BCUT2D eigenvalue weighted by molar-refractivity contribution is 6.00. The van der Waals surface area contributed by atoms with Crippen LogP contribution in [0.4, 0.5) is 0 Å². The lowest BCUT2D eigenvalue weighted by molar-refractivity contribution is 0.0698. The predicted molar refractivity (Wildman–Crippen MR) is 77.7 cm³/mol. The number of nitrogens with zero attached hydrogens (tertiary/aromatic N) is 3. The van der Waals surface area contributed by atoms with Crippen LogP contribution in [0.1, 0.15) is 38.1 Å². The van der Waals surface area contributed by atoms with E-state index in [1.165, 1.54) is 0 Å². The molecule has 2 aromatic rings. The number of carboxylic acid groups (broad SMARTS) is 1. The second kappa shape index (κ2) is 5.61. The Hall–Kier alpha value is -1.91. The van der Waals surface area contributed by atoms with Gasteiger partial charge in [0.15, 0.2) is 0 Å². The zero-order chi connectivity index (χ0) is 14.9. The van der Waals surface area contributed by atoms with Crippen LogP contribution in [0.15, 0.2) is 18.2 Å². The van der Waals surface area contributed by atoms with Gasteiger partial charge in [0, 0.05) is 6.54 Å². The molecule has 0 aliphatic heterocycles. The SMILES string of the molecule is CC(C)C(Cn1nnc2cccc(C(=O)O)c21)C(C)C. The van der Waals surface area contributed by atoms with E-state index >= 15 is 0 Å². The Morgan fingerprint density at radius 1 is 1.25 bits per heavy atom. The first-order valence-corrected chi connectivity index (χ1v) is 6.97. The number of para-hydroxylation sites is 1. The molecule has 0 unspecified atom stereocenters. The molecule has 0 amide bonds. The van der Waals surface area contributed by atoms with Gasteiger partial charge in [-0.05, 0) is 29.9 Å². The van der Waals surface area contributed by atoms with Crippen molar-refractivity contribution < 1.29 is 9.90 Å². The molecule has 1 heterocycles. The van der Waals surface area contributed by atoms with Gasteiger partial charge in [0.05, 0.1) is 5.56 Å². The highest BCUT2D eigenvalue weighted by atomic mass is 16.4. The fourth-order valence-corrected chi connectivity index (χ4v) is 2.72. The maximum Gasteiger partial charge on any atom is 0.337 e. The molecule has 5 nitrogen and oxygen atoms in total. The third-order valence-electron chi connectivity index (χ3n) is 3.86. The van der Waals surface area contributed by atoms with Crippen molar-refractivity contribution in [3.63, 3.8) is 0 Å². The number of aromatic nitrogens is 3. The zero-order valence-electron chi connectivity index (χ0n) is 12.4. The van der Waals surface area contributed by atoms with Crippen molar-refractivity contribution in [3.05, 3.63) is 23.8 Å². The maximum atomic E-state index is 11.3.